The number of carboxylic acid groups (broad SMARTS) is 1. The van der Waals surface area contributed by atoms with Crippen LogP contribution in [0.4, 0.5) is 0 Å². The number of hydrogen-bond donors (Lipinski definition) is 1. The van der Waals surface area contributed by atoms with E-state index < -0.39 is 17.4 Å². The number of hydrogen-bond acceptors (Lipinski definition) is 5. The van der Waals surface area contributed by atoms with Crippen LogP contribution in [-0.2, 0) is 11.4 Å². The summed E-state index contributed by atoms with van der Waals surface area (Å²) in [6, 6.07) is 12.6. The third-order valence-electron chi connectivity index (χ3n) is 4.60. The van der Waals surface area contributed by atoms with E-state index in [1.807, 2.05) is 30.3 Å². The highest BCUT2D eigenvalue weighted by atomic mass is 16.5. The van der Waals surface area contributed by atoms with E-state index in [1.54, 1.807) is 0 Å². The van der Waals surface area contributed by atoms with Crippen molar-refractivity contribution < 1.29 is 28.9 Å². The molecule has 0 radical (unpaired) electrons. The molecule has 1 N–H and O–H groups in total. The van der Waals surface area contributed by atoms with Crippen LogP contribution in [-0.4, -0.2) is 48.7 Å². The van der Waals surface area contributed by atoms with Crippen molar-refractivity contribution in [2.75, 3.05) is 21.3 Å². The molecule has 2 rings (SSSR count). The smallest absolute Gasteiger partial charge is 0.329 e. The Balaban J connectivity index is 2.36. The Labute approximate surface area is 164 Å². The Bertz CT molecular complexity index is 822. The van der Waals surface area contributed by atoms with Crippen LogP contribution >= 0.6 is 0 Å². The summed E-state index contributed by atoms with van der Waals surface area (Å²) < 4.78 is 16.6. The quantitative estimate of drug-likeness (QED) is 0.749. The molecule has 0 fully saturated rings. The Morgan fingerprint density at radius 2 is 1.57 bits per heavy atom. The van der Waals surface area contributed by atoms with Gasteiger partial charge in [-0.2, -0.15) is 0 Å². The summed E-state index contributed by atoms with van der Waals surface area (Å²) in [5, 5.41) is 9.37. The summed E-state index contributed by atoms with van der Waals surface area (Å²) in [5.74, 6) is -0.574. The van der Waals surface area contributed by atoms with E-state index in [0.29, 0.717) is 23.9 Å². The zero-order valence-electron chi connectivity index (χ0n) is 16.7. The zero-order valence-corrected chi connectivity index (χ0v) is 16.7. The summed E-state index contributed by atoms with van der Waals surface area (Å²) in [6.07, 6.45) is 0. The van der Waals surface area contributed by atoms with Crippen LogP contribution in [0.3, 0.4) is 0 Å². The highest BCUT2D eigenvalue weighted by Crippen LogP contribution is 2.39. The number of rotatable bonds is 8. The fourth-order valence-corrected chi connectivity index (χ4v) is 2.47. The highest BCUT2D eigenvalue weighted by molar-refractivity contribution is 5.98. The number of carbonyl (C=O) groups excluding carboxylic acids is 1. The lowest BCUT2D eigenvalue weighted by atomic mass is 10.0. The molecule has 2 aromatic rings. The SMILES string of the molecule is COc1cc(C(=O)N(C)C(C)(C)C(=O)O)cc(OC)c1OCc1ccccc1. The van der Waals surface area contributed by atoms with Gasteiger partial charge in [0.15, 0.2) is 11.5 Å². The maximum Gasteiger partial charge on any atom is 0.329 e. The van der Waals surface area contributed by atoms with Gasteiger partial charge >= 0.3 is 5.97 Å². The van der Waals surface area contributed by atoms with Crippen LogP contribution in [0.15, 0.2) is 42.5 Å². The van der Waals surface area contributed by atoms with Crippen molar-refractivity contribution in [3.63, 3.8) is 0 Å². The summed E-state index contributed by atoms with van der Waals surface area (Å²) in [5.41, 5.74) is -0.174. The number of benzene rings is 2. The number of ether oxygens (including phenoxy) is 3. The minimum absolute atomic E-state index is 0.234. The molecular formula is C21H25NO6. The number of carbonyl (C=O) groups is 2. The molecule has 0 atom stereocenters. The van der Waals surface area contributed by atoms with Crippen molar-refractivity contribution in [2.45, 2.75) is 26.0 Å². The van der Waals surface area contributed by atoms with Crippen molar-refractivity contribution >= 4 is 11.9 Å². The maximum atomic E-state index is 12.8. The first kappa shape index (κ1) is 21.1. The molecule has 0 saturated heterocycles. The average Bonchev–Trinajstić information content (AvgIpc) is 2.70. The minimum Gasteiger partial charge on any atom is -0.493 e. The molecule has 0 bridgehead atoms. The molecule has 7 heteroatoms. The predicted octanol–water partition coefficient (Wildman–Crippen LogP) is 3.22. The van der Waals surface area contributed by atoms with Gasteiger partial charge in [0.05, 0.1) is 14.2 Å². The number of likely N-dealkylation sites (N-methyl/N-ethyl adjacent to an activating group) is 1. The van der Waals surface area contributed by atoms with Gasteiger partial charge in [-0.05, 0) is 31.5 Å². The fourth-order valence-electron chi connectivity index (χ4n) is 2.47. The lowest BCUT2D eigenvalue weighted by Gasteiger charge is -2.31. The van der Waals surface area contributed by atoms with Crippen molar-refractivity contribution in [3.8, 4) is 17.2 Å². The highest BCUT2D eigenvalue weighted by Gasteiger charge is 2.36. The van der Waals surface area contributed by atoms with Gasteiger partial charge in [0.25, 0.3) is 5.91 Å². The lowest BCUT2D eigenvalue weighted by Crippen LogP contribution is -2.50. The molecule has 150 valence electrons. The van der Waals surface area contributed by atoms with Gasteiger partial charge in [-0.1, -0.05) is 30.3 Å². The number of methoxy groups -OCH3 is 2. The van der Waals surface area contributed by atoms with Crippen molar-refractivity contribution in [3.05, 3.63) is 53.6 Å². The molecule has 28 heavy (non-hydrogen) atoms. The topological polar surface area (TPSA) is 85.3 Å². The molecule has 7 nitrogen and oxygen atoms in total. The summed E-state index contributed by atoms with van der Waals surface area (Å²) in [6.45, 7) is 3.21. The Morgan fingerprint density at radius 1 is 1.04 bits per heavy atom. The molecule has 1 amide bonds. The van der Waals surface area contributed by atoms with Crippen molar-refractivity contribution in [1.82, 2.24) is 4.90 Å². The van der Waals surface area contributed by atoms with E-state index in [4.69, 9.17) is 14.2 Å². The van der Waals surface area contributed by atoms with Gasteiger partial charge in [-0.25, -0.2) is 4.79 Å². The van der Waals surface area contributed by atoms with Crippen molar-refractivity contribution in [2.24, 2.45) is 0 Å². The van der Waals surface area contributed by atoms with Crippen LogP contribution in [0.25, 0.3) is 0 Å². The van der Waals surface area contributed by atoms with E-state index in [2.05, 4.69) is 0 Å². The van der Waals surface area contributed by atoms with Crippen LogP contribution in [0.1, 0.15) is 29.8 Å². The monoisotopic (exact) mass is 387 g/mol. The van der Waals surface area contributed by atoms with E-state index in [1.165, 1.54) is 47.2 Å². The van der Waals surface area contributed by atoms with Crippen LogP contribution in [0, 0.1) is 0 Å². The maximum absolute atomic E-state index is 12.8. The first-order valence-electron chi connectivity index (χ1n) is 8.66. The summed E-state index contributed by atoms with van der Waals surface area (Å²) >= 11 is 0. The standard InChI is InChI=1S/C21H25NO6/c1-21(2,20(24)25)22(3)19(23)15-11-16(26-4)18(17(12-15)27-5)28-13-14-9-7-6-8-10-14/h6-12H,13H2,1-5H3,(H,24,25). The zero-order chi connectivity index (χ0) is 20.9. The molecule has 2 aromatic carbocycles. The summed E-state index contributed by atoms with van der Waals surface area (Å²) in [7, 11) is 4.36. The molecule has 0 saturated carbocycles. The van der Waals surface area contributed by atoms with Gasteiger partial charge in [0.2, 0.25) is 5.75 Å². The number of nitrogens with zero attached hydrogens (tertiary/aromatic N) is 1. The first-order valence-corrected chi connectivity index (χ1v) is 8.66. The molecule has 0 aliphatic carbocycles. The first-order chi connectivity index (χ1) is 13.2. The Hall–Kier alpha value is -3.22. The molecule has 0 aromatic heterocycles. The fraction of sp³-hybridized carbons (Fsp3) is 0.333. The average molecular weight is 387 g/mol. The third-order valence-corrected chi connectivity index (χ3v) is 4.60. The van der Waals surface area contributed by atoms with E-state index in [9.17, 15) is 14.7 Å². The summed E-state index contributed by atoms with van der Waals surface area (Å²) in [4.78, 5) is 25.4. The number of carboxylic acids is 1. The van der Waals surface area contributed by atoms with Gasteiger partial charge < -0.3 is 24.2 Å². The Morgan fingerprint density at radius 3 is 2.04 bits per heavy atom. The van der Waals surface area contributed by atoms with E-state index in [-0.39, 0.29) is 5.56 Å². The predicted molar refractivity (Wildman–Crippen MR) is 104 cm³/mol. The van der Waals surface area contributed by atoms with Gasteiger partial charge in [-0.15, -0.1) is 0 Å². The second kappa shape index (κ2) is 8.65. The molecule has 0 unspecified atom stereocenters. The van der Waals surface area contributed by atoms with E-state index >= 15 is 0 Å². The van der Waals surface area contributed by atoms with Gasteiger partial charge in [0, 0.05) is 12.6 Å². The van der Waals surface area contributed by atoms with E-state index in [0.717, 1.165) is 10.5 Å². The molecule has 0 aliphatic heterocycles. The van der Waals surface area contributed by atoms with Gasteiger partial charge in [0.1, 0.15) is 12.1 Å². The molecular weight excluding hydrogens is 362 g/mol. The molecule has 0 heterocycles. The second-order valence-electron chi connectivity index (χ2n) is 6.71. The van der Waals surface area contributed by atoms with Crippen LogP contribution in [0.2, 0.25) is 0 Å². The second-order valence-corrected chi connectivity index (χ2v) is 6.71. The molecule has 0 spiro atoms. The van der Waals surface area contributed by atoms with Crippen LogP contribution in [0.5, 0.6) is 17.2 Å². The normalized spacial score (nSPS) is 10.9. The third kappa shape index (κ3) is 4.36. The Kier molecular flexibility index (Phi) is 6.51. The minimum atomic E-state index is -1.37. The number of amides is 1. The van der Waals surface area contributed by atoms with Crippen LogP contribution < -0.4 is 14.2 Å². The number of aliphatic carboxylic acids is 1. The van der Waals surface area contributed by atoms with Crippen molar-refractivity contribution in [1.29, 1.82) is 0 Å². The van der Waals surface area contributed by atoms with Gasteiger partial charge in [-0.3, -0.25) is 4.79 Å². The molecule has 0 aliphatic rings. The lowest BCUT2D eigenvalue weighted by molar-refractivity contribution is -0.147. The largest absolute Gasteiger partial charge is 0.493 e.